The second kappa shape index (κ2) is 6.06. The smallest absolute Gasteiger partial charge is 0.0233 e. The molecular formula is C17H26N2. The SMILES string of the molecule is CN(Cc1ccc2c(c1)CNC2)C1CCCCCC1. The zero-order chi connectivity index (χ0) is 13.1. The van der Waals surface area contributed by atoms with E-state index in [0.717, 1.165) is 25.7 Å². The van der Waals surface area contributed by atoms with Crippen LogP contribution in [0.4, 0.5) is 0 Å². The van der Waals surface area contributed by atoms with Crippen LogP contribution in [0, 0.1) is 0 Å². The molecule has 0 aromatic heterocycles. The van der Waals surface area contributed by atoms with Crippen molar-refractivity contribution in [2.75, 3.05) is 7.05 Å². The zero-order valence-corrected chi connectivity index (χ0v) is 12.1. The van der Waals surface area contributed by atoms with Gasteiger partial charge in [0.05, 0.1) is 0 Å². The van der Waals surface area contributed by atoms with Crippen LogP contribution in [-0.2, 0) is 19.6 Å². The lowest BCUT2D eigenvalue weighted by Crippen LogP contribution is -2.30. The summed E-state index contributed by atoms with van der Waals surface area (Å²) < 4.78 is 0. The molecule has 1 aromatic carbocycles. The molecule has 1 aromatic rings. The van der Waals surface area contributed by atoms with Gasteiger partial charge < -0.3 is 5.32 Å². The predicted molar refractivity (Wildman–Crippen MR) is 79.9 cm³/mol. The first-order valence-electron chi connectivity index (χ1n) is 7.84. The van der Waals surface area contributed by atoms with E-state index in [1.165, 1.54) is 55.2 Å². The van der Waals surface area contributed by atoms with E-state index in [9.17, 15) is 0 Å². The summed E-state index contributed by atoms with van der Waals surface area (Å²) in [6.45, 7) is 3.21. The van der Waals surface area contributed by atoms with E-state index in [0.29, 0.717) is 0 Å². The molecule has 104 valence electrons. The van der Waals surface area contributed by atoms with Crippen LogP contribution in [-0.4, -0.2) is 18.0 Å². The molecule has 1 heterocycles. The highest BCUT2D eigenvalue weighted by Crippen LogP contribution is 2.23. The van der Waals surface area contributed by atoms with Crippen LogP contribution < -0.4 is 5.32 Å². The number of nitrogens with one attached hydrogen (secondary N) is 1. The molecule has 0 spiro atoms. The maximum absolute atomic E-state index is 3.43. The van der Waals surface area contributed by atoms with Gasteiger partial charge in [-0.2, -0.15) is 0 Å². The molecule has 1 N–H and O–H groups in total. The summed E-state index contributed by atoms with van der Waals surface area (Å²) in [7, 11) is 2.31. The van der Waals surface area contributed by atoms with Crippen molar-refractivity contribution in [1.82, 2.24) is 10.2 Å². The second-order valence-corrected chi connectivity index (χ2v) is 6.27. The molecule has 2 nitrogen and oxygen atoms in total. The van der Waals surface area contributed by atoms with Crippen LogP contribution in [0.5, 0.6) is 0 Å². The highest BCUT2D eigenvalue weighted by atomic mass is 15.1. The van der Waals surface area contributed by atoms with Gasteiger partial charge in [0.2, 0.25) is 0 Å². The summed E-state index contributed by atoms with van der Waals surface area (Å²) in [5.74, 6) is 0. The average molecular weight is 258 g/mol. The molecule has 0 amide bonds. The summed E-state index contributed by atoms with van der Waals surface area (Å²) in [6, 6.07) is 7.83. The molecule has 3 rings (SSSR count). The Morgan fingerprint density at radius 3 is 2.58 bits per heavy atom. The van der Waals surface area contributed by atoms with Gasteiger partial charge in [-0.1, -0.05) is 43.9 Å². The van der Waals surface area contributed by atoms with Crippen molar-refractivity contribution < 1.29 is 0 Å². The third-order valence-corrected chi connectivity index (χ3v) is 4.78. The Labute approximate surface area is 117 Å². The molecule has 1 saturated carbocycles. The number of hydrogen-bond acceptors (Lipinski definition) is 2. The lowest BCUT2D eigenvalue weighted by atomic mass is 10.0. The van der Waals surface area contributed by atoms with Crippen molar-refractivity contribution in [2.24, 2.45) is 0 Å². The highest BCUT2D eigenvalue weighted by molar-refractivity contribution is 5.34. The van der Waals surface area contributed by atoms with Gasteiger partial charge in [0.25, 0.3) is 0 Å². The number of rotatable bonds is 3. The number of hydrogen-bond donors (Lipinski definition) is 1. The third-order valence-electron chi connectivity index (χ3n) is 4.78. The number of nitrogens with zero attached hydrogens (tertiary/aromatic N) is 1. The molecule has 2 aliphatic rings. The summed E-state index contributed by atoms with van der Waals surface area (Å²) in [5, 5.41) is 3.43. The minimum Gasteiger partial charge on any atom is -0.309 e. The van der Waals surface area contributed by atoms with Gasteiger partial charge >= 0.3 is 0 Å². The molecule has 1 aliphatic carbocycles. The zero-order valence-electron chi connectivity index (χ0n) is 12.1. The largest absolute Gasteiger partial charge is 0.309 e. The molecule has 0 radical (unpaired) electrons. The summed E-state index contributed by atoms with van der Waals surface area (Å²) in [5.41, 5.74) is 4.47. The molecule has 1 aliphatic heterocycles. The molecule has 1 fully saturated rings. The van der Waals surface area contributed by atoms with Crippen molar-refractivity contribution in [3.63, 3.8) is 0 Å². The predicted octanol–water partition coefficient (Wildman–Crippen LogP) is 3.44. The van der Waals surface area contributed by atoms with Gasteiger partial charge in [-0.05, 0) is 36.6 Å². The van der Waals surface area contributed by atoms with Crippen molar-refractivity contribution >= 4 is 0 Å². The Balaban J connectivity index is 1.63. The van der Waals surface area contributed by atoms with Gasteiger partial charge in [-0.25, -0.2) is 0 Å². The Hall–Kier alpha value is -0.860. The van der Waals surface area contributed by atoms with Crippen LogP contribution in [0.2, 0.25) is 0 Å². The summed E-state index contributed by atoms with van der Waals surface area (Å²) >= 11 is 0. The Bertz CT molecular complexity index is 419. The molecular weight excluding hydrogens is 232 g/mol. The van der Waals surface area contributed by atoms with Crippen molar-refractivity contribution in [1.29, 1.82) is 0 Å². The average Bonchev–Trinajstić information content (AvgIpc) is 2.71. The number of fused-ring (bicyclic) bond motifs is 1. The monoisotopic (exact) mass is 258 g/mol. The molecule has 0 atom stereocenters. The van der Waals surface area contributed by atoms with Crippen molar-refractivity contribution in [3.05, 3.63) is 34.9 Å². The fourth-order valence-electron chi connectivity index (χ4n) is 3.56. The van der Waals surface area contributed by atoms with Crippen LogP contribution in [0.15, 0.2) is 18.2 Å². The molecule has 2 heteroatoms. The summed E-state index contributed by atoms with van der Waals surface area (Å²) in [4.78, 5) is 2.58. The van der Waals surface area contributed by atoms with E-state index in [1.54, 1.807) is 0 Å². The van der Waals surface area contributed by atoms with Gasteiger partial charge in [0.1, 0.15) is 0 Å². The minimum atomic E-state index is 0.800. The topological polar surface area (TPSA) is 15.3 Å². The van der Waals surface area contributed by atoms with E-state index in [1.807, 2.05) is 0 Å². The van der Waals surface area contributed by atoms with Gasteiger partial charge in [-0.15, -0.1) is 0 Å². The lowest BCUT2D eigenvalue weighted by Gasteiger charge is -2.27. The first kappa shape index (κ1) is 13.1. The highest BCUT2D eigenvalue weighted by Gasteiger charge is 2.17. The minimum absolute atomic E-state index is 0.800. The standard InChI is InChI=1S/C17H26N2/c1-19(17-6-4-2-3-5-7-17)13-14-8-9-15-11-18-12-16(15)10-14/h8-10,17-18H,2-7,11-13H2,1H3. The van der Waals surface area contributed by atoms with Crippen LogP contribution >= 0.6 is 0 Å². The molecule has 0 saturated heterocycles. The fourth-order valence-corrected chi connectivity index (χ4v) is 3.56. The first-order chi connectivity index (χ1) is 9.33. The Morgan fingerprint density at radius 1 is 1.05 bits per heavy atom. The van der Waals surface area contributed by atoms with Crippen LogP contribution in [0.3, 0.4) is 0 Å². The van der Waals surface area contributed by atoms with E-state index in [-0.39, 0.29) is 0 Å². The first-order valence-corrected chi connectivity index (χ1v) is 7.84. The van der Waals surface area contributed by atoms with E-state index in [2.05, 4.69) is 35.5 Å². The quantitative estimate of drug-likeness (QED) is 0.835. The van der Waals surface area contributed by atoms with E-state index < -0.39 is 0 Å². The third kappa shape index (κ3) is 3.18. The molecule has 0 unspecified atom stereocenters. The lowest BCUT2D eigenvalue weighted by molar-refractivity contribution is 0.213. The van der Waals surface area contributed by atoms with Crippen LogP contribution in [0.25, 0.3) is 0 Å². The fraction of sp³-hybridized carbons (Fsp3) is 0.647. The van der Waals surface area contributed by atoms with Gasteiger partial charge in [0.15, 0.2) is 0 Å². The second-order valence-electron chi connectivity index (χ2n) is 6.27. The van der Waals surface area contributed by atoms with Crippen molar-refractivity contribution in [2.45, 2.75) is 64.2 Å². The van der Waals surface area contributed by atoms with E-state index >= 15 is 0 Å². The van der Waals surface area contributed by atoms with Gasteiger partial charge in [0, 0.05) is 25.7 Å². The maximum Gasteiger partial charge on any atom is 0.0233 e. The van der Waals surface area contributed by atoms with E-state index in [4.69, 9.17) is 0 Å². The normalized spacial score (nSPS) is 20.5. The molecule has 19 heavy (non-hydrogen) atoms. The van der Waals surface area contributed by atoms with Crippen LogP contribution in [0.1, 0.15) is 55.2 Å². The Kier molecular flexibility index (Phi) is 4.19. The molecule has 0 bridgehead atoms. The maximum atomic E-state index is 3.43. The van der Waals surface area contributed by atoms with Gasteiger partial charge in [-0.3, -0.25) is 4.90 Å². The summed E-state index contributed by atoms with van der Waals surface area (Å²) in [6.07, 6.45) is 8.50. The van der Waals surface area contributed by atoms with Crippen molar-refractivity contribution in [3.8, 4) is 0 Å². The Morgan fingerprint density at radius 2 is 1.79 bits per heavy atom. The number of benzene rings is 1.